The van der Waals surface area contributed by atoms with Gasteiger partial charge in [0, 0.05) is 23.4 Å². The molecule has 2 heterocycles. The van der Waals surface area contributed by atoms with Crippen molar-refractivity contribution in [1.29, 1.82) is 0 Å². The lowest BCUT2D eigenvalue weighted by molar-refractivity contribution is -0.122. The van der Waals surface area contributed by atoms with Crippen LogP contribution in [0.4, 0.5) is 0 Å². The first kappa shape index (κ1) is 17.5. The van der Waals surface area contributed by atoms with Gasteiger partial charge in [-0.1, -0.05) is 24.3 Å². The summed E-state index contributed by atoms with van der Waals surface area (Å²) in [6.45, 7) is 1.96. The van der Waals surface area contributed by atoms with Crippen LogP contribution in [0.15, 0.2) is 53.3 Å². The fourth-order valence-electron chi connectivity index (χ4n) is 3.44. The molecule has 2 aromatic carbocycles. The maximum absolute atomic E-state index is 12.7. The Morgan fingerprint density at radius 3 is 2.24 bits per heavy atom. The molecule has 1 unspecified atom stereocenters. The zero-order valence-corrected chi connectivity index (χ0v) is 14.5. The summed E-state index contributed by atoms with van der Waals surface area (Å²) in [6.07, 6.45) is 0.956. The van der Waals surface area contributed by atoms with Gasteiger partial charge in [-0.2, -0.15) is 0 Å². The number of carbonyl (C=O) groups excluding carboxylic acids is 1. The number of fused-ring (bicyclic) bond motifs is 2. The molecule has 0 bridgehead atoms. The Labute approximate surface area is 151 Å². The van der Waals surface area contributed by atoms with E-state index in [-0.39, 0.29) is 36.3 Å². The van der Waals surface area contributed by atoms with Gasteiger partial charge in [0.2, 0.25) is 5.91 Å². The molecule has 5 nitrogen and oxygen atoms in total. The molecule has 0 saturated carbocycles. The van der Waals surface area contributed by atoms with Gasteiger partial charge in [0.15, 0.2) is 5.43 Å². The molecule has 25 heavy (non-hydrogen) atoms. The molecular weight excluding hydrogens is 338 g/mol. The summed E-state index contributed by atoms with van der Waals surface area (Å²) < 4.78 is 1.93. The summed E-state index contributed by atoms with van der Waals surface area (Å²) in [5, 5.41) is 7.61. The molecule has 0 aliphatic carbocycles. The van der Waals surface area contributed by atoms with Gasteiger partial charge in [-0.15, -0.1) is 12.4 Å². The number of amides is 1. The van der Waals surface area contributed by atoms with Crippen LogP contribution in [0, 0.1) is 0 Å². The van der Waals surface area contributed by atoms with Gasteiger partial charge < -0.3 is 15.2 Å². The highest BCUT2D eigenvalue weighted by molar-refractivity contribution is 5.94. The Balaban J connectivity index is 0.00000182. The number of nitrogens with one attached hydrogen (secondary N) is 2. The third-order valence-electron chi connectivity index (χ3n) is 4.61. The van der Waals surface area contributed by atoms with Crippen molar-refractivity contribution >= 4 is 40.1 Å². The molecule has 4 rings (SSSR count). The van der Waals surface area contributed by atoms with E-state index in [1.165, 1.54) is 0 Å². The molecule has 1 fully saturated rings. The van der Waals surface area contributed by atoms with Crippen molar-refractivity contribution in [3.05, 3.63) is 58.8 Å². The highest BCUT2D eigenvalue weighted by Crippen LogP contribution is 2.19. The molecule has 1 atom stereocenters. The number of nitrogens with zero attached hydrogens (tertiary/aromatic N) is 1. The van der Waals surface area contributed by atoms with E-state index in [1.54, 1.807) is 0 Å². The van der Waals surface area contributed by atoms with Crippen molar-refractivity contribution in [2.75, 3.05) is 13.1 Å². The fraction of sp³-hybridized carbons (Fsp3) is 0.263. The highest BCUT2D eigenvalue weighted by Gasteiger charge is 2.18. The molecule has 0 spiro atoms. The van der Waals surface area contributed by atoms with Crippen LogP contribution < -0.4 is 16.1 Å². The minimum atomic E-state index is -0.0253. The molecule has 1 saturated heterocycles. The predicted molar refractivity (Wildman–Crippen MR) is 102 cm³/mol. The molecule has 130 valence electrons. The van der Waals surface area contributed by atoms with E-state index in [9.17, 15) is 9.59 Å². The zero-order valence-electron chi connectivity index (χ0n) is 13.7. The van der Waals surface area contributed by atoms with Crippen molar-refractivity contribution in [3.63, 3.8) is 0 Å². The number of pyridine rings is 1. The first-order valence-electron chi connectivity index (χ1n) is 8.24. The number of hydrogen-bond acceptors (Lipinski definition) is 3. The van der Waals surface area contributed by atoms with E-state index in [0.717, 1.165) is 30.5 Å². The summed E-state index contributed by atoms with van der Waals surface area (Å²) in [5.41, 5.74) is 1.60. The van der Waals surface area contributed by atoms with Crippen molar-refractivity contribution < 1.29 is 4.79 Å². The monoisotopic (exact) mass is 357 g/mol. The summed E-state index contributed by atoms with van der Waals surface area (Å²) in [5.74, 6) is -0.0253. The third kappa shape index (κ3) is 3.25. The summed E-state index contributed by atoms with van der Waals surface area (Å²) in [7, 11) is 0. The standard InChI is InChI=1S/C19H19N3O2.ClH/c23-18(21-13-9-10-20-11-13)12-22-16-7-3-1-5-14(16)19(24)15-6-2-4-8-17(15)22;/h1-8,13,20H,9-12H2,(H,21,23);1H. The topological polar surface area (TPSA) is 63.1 Å². The van der Waals surface area contributed by atoms with Crippen LogP contribution in [0.2, 0.25) is 0 Å². The second-order valence-corrected chi connectivity index (χ2v) is 6.21. The van der Waals surface area contributed by atoms with E-state index in [1.807, 2.05) is 53.1 Å². The van der Waals surface area contributed by atoms with E-state index in [2.05, 4.69) is 10.6 Å². The van der Waals surface area contributed by atoms with E-state index < -0.39 is 0 Å². The smallest absolute Gasteiger partial charge is 0.240 e. The lowest BCUT2D eigenvalue weighted by atomic mass is 10.1. The van der Waals surface area contributed by atoms with Gasteiger partial charge >= 0.3 is 0 Å². The highest BCUT2D eigenvalue weighted by atomic mass is 35.5. The summed E-state index contributed by atoms with van der Waals surface area (Å²) in [6, 6.07) is 15.1. The number of para-hydroxylation sites is 2. The number of carbonyl (C=O) groups is 1. The van der Waals surface area contributed by atoms with Crippen LogP contribution in [0.1, 0.15) is 6.42 Å². The van der Waals surface area contributed by atoms with Crippen LogP contribution in [0.25, 0.3) is 21.8 Å². The van der Waals surface area contributed by atoms with Gasteiger partial charge in [-0.3, -0.25) is 9.59 Å². The molecule has 1 amide bonds. The Bertz CT molecular complexity index is 917. The van der Waals surface area contributed by atoms with E-state index in [4.69, 9.17) is 0 Å². The van der Waals surface area contributed by atoms with Crippen LogP contribution in [-0.2, 0) is 11.3 Å². The van der Waals surface area contributed by atoms with Gasteiger partial charge in [-0.05, 0) is 37.2 Å². The maximum Gasteiger partial charge on any atom is 0.240 e. The average molecular weight is 358 g/mol. The predicted octanol–water partition coefficient (Wildman–Crippen LogP) is 2.05. The SMILES string of the molecule is Cl.O=C(Cn1c2ccccc2c(=O)c2ccccc21)NC1CCNC1. The minimum absolute atomic E-state index is 0. The number of hydrogen-bond donors (Lipinski definition) is 2. The van der Waals surface area contributed by atoms with Crippen LogP contribution in [0.5, 0.6) is 0 Å². The molecule has 1 aliphatic rings. The molecule has 1 aliphatic heterocycles. The molecule has 0 radical (unpaired) electrons. The first-order chi connectivity index (χ1) is 11.7. The van der Waals surface area contributed by atoms with Crippen LogP contribution >= 0.6 is 12.4 Å². The zero-order chi connectivity index (χ0) is 16.5. The Kier molecular flexibility index (Phi) is 5.06. The second-order valence-electron chi connectivity index (χ2n) is 6.21. The molecule has 1 aromatic heterocycles. The molecule has 6 heteroatoms. The number of halogens is 1. The summed E-state index contributed by atoms with van der Waals surface area (Å²) in [4.78, 5) is 25.2. The van der Waals surface area contributed by atoms with E-state index in [0.29, 0.717) is 10.8 Å². The average Bonchev–Trinajstić information content (AvgIpc) is 3.11. The van der Waals surface area contributed by atoms with E-state index >= 15 is 0 Å². The second kappa shape index (κ2) is 7.25. The number of aromatic nitrogens is 1. The third-order valence-corrected chi connectivity index (χ3v) is 4.61. The van der Waals surface area contributed by atoms with Crippen LogP contribution in [-0.4, -0.2) is 29.6 Å². The largest absolute Gasteiger partial charge is 0.350 e. The quantitative estimate of drug-likeness (QED) is 0.705. The summed E-state index contributed by atoms with van der Waals surface area (Å²) >= 11 is 0. The molecular formula is C19H20ClN3O2. The Morgan fingerprint density at radius 2 is 1.68 bits per heavy atom. The van der Waals surface area contributed by atoms with Crippen molar-refractivity contribution in [1.82, 2.24) is 15.2 Å². The Morgan fingerprint density at radius 1 is 1.08 bits per heavy atom. The maximum atomic E-state index is 12.7. The lowest BCUT2D eigenvalue weighted by Crippen LogP contribution is -2.38. The fourth-order valence-corrected chi connectivity index (χ4v) is 3.44. The minimum Gasteiger partial charge on any atom is -0.350 e. The van der Waals surface area contributed by atoms with Crippen molar-refractivity contribution in [2.24, 2.45) is 0 Å². The number of rotatable bonds is 3. The van der Waals surface area contributed by atoms with Gasteiger partial charge in [0.05, 0.1) is 11.0 Å². The van der Waals surface area contributed by atoms with Gasteiger partial charge in [0.1, 0.15) is 6.54 Å². The van der Waals surface area contributed by atoms with Crippen LogP contribution in [0.3, 0.4) is 0 Å². The van der Waals surface area contributed by atoms with Crippen molar-refractivity contribution in [3.8, 4) is 0 Å². The molecule has 3 aromatic rings. The Hall–Kier alpha value is -2.37. The van der Waals surface area contributed by atoms with Gasteiger partial charge in [0.25, 0.3) is 0 Å². The normalized spacial score (nSPS) is 16.7. The first-order valence-corrected chi connectivity index (χ1v) is 8.24. The number of benzene rings is 2. The van der Waals surface area contributed by atoms with Gasteiger partial charge in [-0.25, -0.2) is 0 Å². The molecule has 2 N–H and O–H groups in total. The lowest BCUT2D eigenvalue weighted by Gasteiger charge is -2.17. The van der Waals surface area contributed by atoms with Crippen molar-refractivity contribution in [2.45, 2.75) is 19.0 Å².